The van der Waals surface area contributed by atoms with Crippen LogP contribution >= 0.6 is 0 Å². The summed E-state index contributed by atoms with van der Waals surface area (Å²) in [5.41, 5.74) is 3.11. The zero-order valence-corrected chi connectivity index (χ0v) is 26.8. The van der Waals surface area contributed by atoms with Gasteiger partial charge in [-0.05, 0) is 141 Å². The van der Waals surface area contributed by atoms with Crippen LogP contribution < -0.4 is 4.74 Å². The molecule has 0 amide bonds. The highest BCUT2D eigenvalue weighted by Gasteiger charge is 2.65. The fourth-order valence-corrected chi connectivity index (χ4v) is 10.9. The highest BCUT2D eigenvalue weighted by atomic mass is 16.5. The topological polar surface area (TPSA) is 55.8 Å². The van der Waals surface area contributed by atoms with Crippen molar-refractivity contribution in [2.24, 2.45) is 58.2 Å². The van der Waals surface area contributed by atoms with E-state index in [1.165, 1.54) is 57.3 Å². The van der Waals surface area contributed by atoms with Crippen molar-refractivity contribution in [3.05, 3.63) is 41.5 Å². The van der Waals surface area contributed by atoms with Gasteiger partial charge in [-0.3, -0.25) is 0 Å². The molecule has 0 aromatic heterocycles. The molecule has 0 bridgehead atoms. The van der Waals surface area contributed by atoms with E-state index in [0.717, 1.165) is 35.7 Å². The minimum atomic E-state index is -0.280. The Morgan fingerprint density at radius 2 is 1.78 bits per heavy atom. The molecule has 1 aromatic carbocycles. The fraction of sp³-hybridized carbons (Fsp3) is 0.703. The van der Waals surface area contributed by atoms with Crippen LogP contribution in [0.5, 0.6) is 11.5 Å². The number of phenolic OH excluding ortho intramolecular Hbond substituents is 1. The van der Waals surface area contributed by atoms with Gasteiger partial charge >= 0.3 is 5.97 Å². The van der Waals surface area contributed by atoms with Crippen LogP contribution in [-0.4, -0.2) is 24.3 Å². The Kier molecular flexibility index (Phi) is 8.45. The molecule has 41 heavy (non-hydrogen) atoms. The highest BCUT2D eigenvalue weighted by Crippen LogP contribution is 2.72. The molecule has 0 spiro atoms. The maximum atomic E-state index is 12.9. The Bertz CT molecular complexity index is 1180. The van der Waals surface area contributed by atoms with E-state index in [1.807, 2.05) is 0 Å². The Morgan fingerprint density at radius 1 is 1.05 bits per heavy atom. The number of phenols is 1. The first-order valence-corrected chi connectivity index (χ1v) is 16.3. The quantitative estimate of drug-likeness (QED) is 0.213. The third-order valence-electron chi connectivity index (χ3n) is 12.8. The number of benzene rings is 1. The number of ether oxygens (including phenoxy) is 2. The second-order valence-electron chi connectivity index (χ2n) is 15.0. The van der Waals surface area contributed by atoms with Crippen LogP contribution in [0.2, 0.25) is 0 Å². The minimum absolute atomic E-state index is 0.0213. The average molecular weight is 563 g/mol. The molecule has 0 saturated heterocycles. The third-order valence-corrected chi connectivity index (χ3v) is 12.8. The van der Waals surface area contributed by atoms with Crippen LogP contribution in [0.3, 0.4) is 0 Å². The number of rotatable bonds is 6. The van der Waals surface area contributed by atoms with E-state index in [-0.39, 0.29) is 17.8 Å². The lowest BCUT2D eigenvalue weighted by Crippen LogP contribution is -2.57. The first kappa shape index (κ1) is 30.2. The molecule has 5 rings (SSSR count). The van der Waals surface area contributed by atoms with E-state index in [9.17, 15) is 9.90 Å². The summed E-state index contributed by atoms with van der Waals surface area (Å²) in [6.45, 7) is 17.2. The van der Waals surface area contributed by atoms with Gasteiger partial charge in [0.25, 0.3) is 0 Å². The number of fused-ring (bicyclic) bond motifs is 5. The van der Waals surface area contributed by atoms with Crippen LogP contribution in [0.15, 0.2) is 35.9 Å². The Labute approximate surface area is 249 Å². The van der Waals surface area contributed by atoms with Gasteiger partial charge in [0.05, 0.1) is 7.11 Å². The highest BCUT2D eigenvalue weighted by molar-refractivity contribution is 5.87. The van der Waals surface area contributed by atoms with Gasteiger partial charge in [-0.15, -0.1) is 0 Å². The number of methoxy groups -OCH3 is 1. The van der Waals surface area contributed by atoms with Crippen molar-refractivity contribution in [3.8, 4) is 11.5 Å². The van der Waals surface area contributed by atoms with Crippen LogP contribution in [0, 0.1) is 58.2 Å². The normalized spacial score (nSPS) is 40.7. The van der Waals surface area contributed by atoms with Crippen LogP contribution in [0.25, 0.3) is 6.08 Å². The van der Waals surface area contributed by atoms with Crippen LogP contribution in [0.4, 0.5) is 0 Å². The van der Waals surface area contributed by atoms with Gasteiger partial charge in [0, 0.05) is 6.08 Å². The smallest absolute Gasteiger partial charge is 0.331 e. The van der Waals surface area contributed by atoms with Gasteiger partial charge < -0.3 is 14.6 Å². The summed E-state index contributed by atoms with van der Waals surface area (Å²) in [7, 11) is 1.52. The number of carbonyl (C=O) groups is 1. The average Bonchev–Trinajstić information content (AvgIpc) is 3.20. The van der Waals surface area contributed by atoms with Crippen molar-refractivity contribution in [2.45, 2.75) is 99.5 Å². The standard InChI is InChI=1S/C37H54O4/c1-22(2)19-23(3)29-16-18-37(7)30-20-24(4)35-25(5)32(13-11-28(35)27(30)15-17-36(29,37)6)41-34(39)14-10-26-9-12-31(38)33(21-26)40-8/h9-10,12,14,19,21,23-25,27-30,32,35,38H,11,13,15-18,20H2,1-8H3. The predicted molar refractivity (Wildman–Crippen MR) is 166 cm³/mol. The van der Waals surface area contributed by atoms with Gasteiger partial charge in [0.2, 0.25) is 0 Å². The summed E-state index contributed by atoms with van der Waals surface area (Å²) in [4.78, 5) is 12.9. The second-order valence-corrected chi connectivity index (χ2v) is 15.0. The monoisotopic (exact) mass is 562 g/mol. The maximum absolute atomic E-state index is 12.9. The zero-order chi connectivity index (χ0) is 29.7. The van der Waals surface area contributed by atoms with E-state index < -0.39 is 0 Å². The lowest BCUT2D eigenvalue weighted by Gasteiger charge is -2.63. The molecule has 11 unspecified atom stereocenters. The predicted octanol–water partition coefficient (Wildman–Crippen LogP) is 9.08. The first-order chi connectivity index (χ1) is 19.4. The molecule has 11 atom stereocenters. The Morgan fingerprint density at radius 3 is 2.49 bits per heavy atom. The summed E-state index contributed by atoms with van der Waals surface area (Å²) in [5.74, 6) is 5.71. The summed E-state index contributed by atoms with van der Waals surface area (Å²) in [5, 5.41) is 9.84. The first-order valence-electron chi connectivity index (χ1n) is 16.3. The van der Waals surface area contributed by atoms with Crippen molar-refractivity contribution in [1.82, 2.24) is 0 Å². The van der Waals surface area contributed by atoms with E-state index in [1.54, 1.807) is 24.3 Å². The van der Waals surface area contributed by atoms with Crippen molar-refractivity contribution in [2.75, 3.05) is 7.11 Å². The number of hydrogen-bond donors (Lipinski definition) is 1. The van der Waals surface area contributed by atoms with Gasteiger partial charge in [0.15, 0.2) is 11.5 Å². The number of hydrogen-bond acceptors (Lipinski definition) is 4. The van der Waals surface area contributed by atoms with Gasteiger partial charge in [-0.1, -0.05) is 52.3 Å². The minimum Gasteiger partial charge on any atom is -0.504 e. The molecule has 4 fully saturated rings. The number of aromatic hydroxyl groups is 1. The van der Waals surface area contributed by atoms with Crippen molar-refractivity contribution < 1.29 is 19.4 Å². The van der Waals surface area contributed by atoms with Crippen LogP contribution in [0.1, 0.15) is 99.0 Å². The van der Waals surface area contributed by atoms with Crippen molar-refractivity contribution in [1.29, 1.82) is 0 Å². The summed E-state index contributed by atoms with van der Waals surface area (Å²) in [6, 6.07) is 5.06. The summed E-state index contributed by atoms with van der Waals surface area (Å²) >= 11 is 0. The van der Waals surface area contributed by atoms with Crippen LogP contribution in [-0.2, 0) is 9.53 Å². The third kappa shape index (κ3) is 5.27. The molecule has 1 aromatic rings. The number of carbonyl (C=O) groups excluding carboxylic acids is 1. The summed E-state index contributed by atoms with van der Waals surface area (Å²) in [6.07, 6.45) is 14.8. The number of esters is 1. The molecular weight excluding hydrogens is 508 g/mol. The molecule has 0 heterocycles. The van der Waals surface area contributed by atoms with E-state index in [4.69, 9.17) is 9.47 Å². The van der Waals surface area contributed by atoms with Gasteiger partial charge in [-0.25, -0.2) is 4.79 Å². The molecule has 4 saturated carbocycles. The van der Waals surface area contributed by atoms with E-state index in [0.29, 0.717) is 40.3 Å². The molecule has 4 nitrogen and oxygen atoms in total. The van der Waals surface area contributed by atoms with Crippen molar-refractivity contribution >= 4 is 12.0 Å². The molecule has 4 aliphatic carbocycles. The SMILES string of the molecule is COc1cc(C=CC(=O)OC2CCC3C4CCC5(C)C(C(C)C=C(C)C)CCC5(C)C4CC(C)C3C2C)ccc1O. The number of allylic oxidation sites excluding steroid dienone is 2. The lowest BCUT2D eigenvalue weighted by molar-refractivity contribution is -0.171. The Balaban J connectivity index is 1.27. The van der Waals surface area contributed by atoms with E-state index >= 15 is 0 Å². The molecule has 0 aliphatic heterocycles. The molecular formula is C37H54O4. The van der Waals surface area contributed by atoms with Crippen molar-refractivity contribution in [3.63, 3.8) is 0 Å². The van der Waals surface area contributed by atoms with Gasteiger partial charge in [0.1, 0.15) is 6.10 Å². The molecule has 1 N–H and O–H groups in total. The van der Waals surface area contributed by atoms with E-state index in [2.05, 4.69) is 54.5 Å². The lowest BCUT2D eigenvalue weighted by atomic mass is 9.41. The molecule has 226 valence electrons. The maximum Gasteiger partial charge on any atom is 0.331 e. The molecule has 0 radical (unpaired) electrons. The summed E-state index contributed by atoms with van der Waals surface area (Å²) < 4.78 is 11.3. The largest absolute Gasteiger partial charge is 0.504 e. The fourth-order valence-electron chi connectivity index (χ4n) is 10.9. The second kappa shape index (κ2) is 11.5. The van der Waals surface area contributed by atoms with Gasteiger partial charge in [-0.2, -0.15) is 0 Å². The zero-order valence-electron chi connectivity index (χ0n) is 26.8. The molecule has 4 aliphatic rings. The molecule has 4 heteroatoms. The Hall–Kier alpha value is -2.23.